The first-order valence-electron chi connectivity index (χ1n) is 6.12. The summed E-state index contributed by atoms with van der Waals surface area (Å²) >= 11 is 0. The van der Waals surface area contributed by atoms with Crippen LogP contribution in [0.5, 0.6) is 0 Å². The lowest BCUT2D eigenvalue weighted by molar-refractivity contribution is 0.184. The lowest BCUT2D eigenvalue weighted by atomic mass is 10.2. The number of hydrogen-bond acceptors (Lipinski definition) is 4. The molecule has 2 heterocycles. The Kier molecular flexibility index (Phi) is 8.18. The number of pyridine rings is 2. The minimum Gasteiger partial charge on any atom is -0.384 e. The molecule has 0 aliphatic rings. The van der Waals surface area contributed by atoms with E-state index in [0.717, 1.165) is 18.6 Å². The molecule has 0 saturated carbocycles. The first kappa shape index (κ1) is 15.3. The molecule has 4 nitrogen and oxygen atoms in total. The zero-order chi connectivity index (χ0) is 13.8. The predicted molar refractivity (Wildman–Crippen MR) is 74.8 cm³/mol. The van der Waals surface area contributed by atoms with Gasteiger partial charge < -0.3 is 9.47 Å². The monoisotopic (exact) mass is 260 g/mol. The van der Waals surface area contributed by atoms with E-state index in [-0.39, 0.29) is 0 Å². The van der Waals surface area contributed by atoms with E-state index in [0.29, 0.717) is 6.61 Å². The summed E-state index contributed by atoms with van der Waals surface area (Å²) in [6, 6.07) is 7.86. The van der Waals surface area contributed by atoms with Gasteiger partial charge in [-0.3, -0.25) is 9.97 Å². The highest BCUT2D eigenvalue weighted by atomic mass is 16.5. The number of nitrogens with zero attached hydrogens (tertiary/aromatic N) is 2. The van der Waals surface area contributed by atoms with Gasteiger partial charge in [-0.05, 0) is 29.7 Å². The van der Waals surface area contributed by atoms with Crippen molar-refractivity contribution >= 4 is 0 Å². The molecular weight excluding hydrogens is 240 g/mol. The quantitative estimate of drug-likeness (QED) is 0.828. The molecular formula is C15H20N2O2. The van der Waals surface area contributed by atoms with Gasteiger partial charge in [0.25, 0.3) is 0 Å². The van der Waals surface area contributed by atoms with E-state index in [1.165, 1.54) is 5.56 Å². The molecule has 102 valence electrons. The second kappa shape index (κ2) is 10.2. The maximum Gasteiger partial charge on any atom is 0.0728 e. The summed E-state index contributed by atoms with van der Waals surface area (Å²) in [5, 5.41) is 0. The molecule has 4 heteroatoms. The lowest BCUT2D eigenvalue weighted by Gasteiger charge is -1.96. The van der Waals surface area contributed by atoms with E-state index in [4.69, 9.17) is 9.47 Å². The highest BCUT2D eigenvalue weighted by molar-refractivity contribution is 5.08. The van der Waals surface area contributed by atoms with Crippen molar-refractivity contribution in [3.05, 3.63) is 60.2 Å². The minimum atomic E-state index is 0.647. The third kappa shape index (κ3) is 7.28. The van der Waals surface area contributed by atoms with Crippen LogP contribution in [0.3, 0.4) is 0 Å². The second-order valence-corrected chi connectivity index (χ2v) is 3.90. The fourth-order valence-corrected chi connectivity index (χ4v) is 1.42. The average molecular weight is 260 g/mol. The summed E-state index contributed by atoms with van der Waals surface area (Å²) in [5.74, 6) is 0. The van der Waals surface area contributed by atoms with Crippen molar-refractivity contribution in [1.82, 2.24) is 9.97 Å². The summed E-state index contributed by atoms with van der Waals surface area (Å²) in [5.41, 5.74) is 2.34. The number of rotatable bonds is 5. The Balaban J connectivity index is 0.000000191. The summed E-state index contributed by atoms with van der Waals surface area (Å²) in [7, 11) is 3.38. The molecule has 0 N–H and O–H groups in total. The van der Waals surface area contributed by atoms with Crippen molar-refractivity contribution in [2.75, 3.05) is 20.8 Å². The van der Waals surface area contributed by atoms with Gasteiger partial charge in [-0.2, -0.15) is 0 Å². The van der Waals surface area contributed by atoms with Crippen molar-refractivity contribution in [3.63, 3.8) is 0 Å². The molecule has 0 atom stereocenters. The van der Waals surface area contributed by atoms with Crippen LogP contribution < -0.4 is 0 Å². The van der Waals surface area contributed by atoms with Gasteiger partial charge in [-0.15, -0.1) is 0 Å². The van der Waals surface area contributed by atoms with E-state index < -0.39 is 0 Å². The molecule has 0 fully saturated rings. The molecule has 0 spiro atoms. The van der Waals surface area contributed by atoms with Gasteiger partial charge in [0, 0.05) is 39.0 Å². The Bertz CT molecular complexity index is 421. The first-order chi connectivity index (χ1) is 9.36. The van der Waals surface area contributed by atoms with Gasteiger partial charge >= 0.3 is 0 Å². The Labute approximate surface area is 114 Å². The van der Waals surface area contributed by atoms with Gasteiger partial charge in [0.15, 0.2) is 0 Å². The molecule has 0 aromatic carbocycles. The Morgan fingerprint density at radius 1 is 0.895 bits per heavy atom. The summed E-state index contributed by atoms with van der Waals surface area (Å²) in [6.07, 6.45) is 8.13. The van der Waals surface area contributed by atoms with E-state index in [1.807, 2.05) is 30.5 Å². The Hall–Kier alpha value is -1.78. The standard InChI is InChI=1S/C8H11NO.C7H9NO/c1-10-6-4-8-3-2-5-9-7-8;1-9-6-7-3-2-4-8-5-7/h2-3,5,7H,4,6H2,1H3;2-5H,6H2,1H3. The first-order valence-corrected chi connectivity index (χ1v) is 6.12. The largest absolute Gasteiger partial charge is 0.384 e. The molecule has 0 amide bonds. The van der Waals surface area contributed by atoms with Gasteiger partial charge in [-0.1, -0.05) is 12.1 Å². The highest BCUT2D eigenvalue weighted by Gasteiger charge is 1.88. The summed E-state index contributed by atoms with van der Waals surface area (Å²) < 4.78 is 9.81. The third-order valence-corrected chi connectivity index (χ3v) is 2.35. The summed E-state index contributed by atoms with van der Waals surface area (Å²) in [4.78, 5) is 7.91. The molecule has 2 rings (SSSR count). The number of aromatic nitrogens is 2. The fraction of sp³-hybridized carbons (Fsp3) is 0.333. The van der Waals surface area contributed by atoms with Crippen LogP contribution in [0.2, 0.25) is 0 Å². The molecule has 19 heavy (non-hydrogen) atoms. The maximum atomic E-state index is 4.92. The molecule has 0 aliphatic carbocycles. The van der Waals surface area contributed by atoms with Crippen molar-refractivity contribution < 1.29 is 9.47 Å². The van der Waals surface area contributed by atoms with Crippen LogP contribution >= 0.6 is 0 Å². The van der Waals surface area contributed by atoms with Crippen LogP contribution in [-0.2, 0) is 22.5 Å². The van der Waals surface area contributed by atoms with E-state index in [9.17, 15) is 0 Å². The zero-order valence-electron chi connectivity index (χ0n) is 11.5. The molecule has 2 aromatic heterocycles. The SMILES string of the molecule is COCCc1cccnc1.COCc1cccnc1. The van der Waals surface area contributed by atoms with Gasteiger partial charge in [0.05, 0.1) is 13.2 Å². The van der Waals surface area contributed by atoms with Crippen molar-refractivity contribution in [2.24, 2.45) is 0 Å². The zero-order valence-corrected chi connectivity index (χ0v) is 11.5. The number of ether oxygens (including phenoxy) is 2. The molecule has 0 bridgehead atoms. The topological polar surface area (TPSA) is 44.2 Å². The van der Waals surface area contributed by atoms with Gasteiger partial charge in [-0.25, -0.2) is 0 Å². The van der Waals surface area contributed by atoms with Crippen molar-refractivity contribution in [3.8, 4) is 0 Å². The number of methoxy groups -OCH3 is 2. The smallest absolute Gasteiger partial charge is 0.0728 e. The minimum absolute atomic E-state index is 0.647. The van der Waals surface area contributed by atoms with E-state index in [1.54, 1.807) is 32.8 Å². The second-order valence-electron chi connectivity index (χ2n) is 3.90. The van der Waals surface area contributed by atoms with Crippen molar-refractivity contribution in [2.45, 2.75) is 13.0 Å². The molecule has 0 radical (unpaired) electrons. The van der Waals surface area contributed by atoms with Crippen LogP contribution in [0.15, 0.2) is 49.1 Å². The van der Waals surface area contributed by atoms with E-state index >= 15 is 0 Å². The Morgan fingerprint density at radius 3 is 2.00 bits per heavy atom. The predicted octanol–water partition coefficient (Wildman–Crippen LogP) is 2.50. The van der Waals surface area contributed by atoms with Gasteiger partial charge in [0.2, 0.25) is 0 Å². The fourth-order valence-electron chi connectivity index (χ4n) is 1.42. The highest BCUT2D eigenvalue weighted by Crippen LogP contribution is 1.96. The molecule has 0 unspecified atom stereocenters. The third-order valence-electron chi connectivity index (χ3n) is 2.35. The van der Waals surface area contributed by atoms with Crippen LogP contribution in [0.25, 0.3) is 0 Å². The van der Waals surface area contributed by atoms with E-state index in [2.05, 4.69) is 9.97 Å². The van der Waals surface area contributed by atoms with Crippen LogP contribution in [-0.4, -0.2) is 30.8 Å². The summed E-state index contributed by atoms with van der Waals surface area (Å²) in [6.45, 7) is 1.42. The normalized spacial score (nSPS) is 9.58. The lowest BCUT2D eigenvalue weighted by Crippen LogP contribution is -1.93. The Morgan fingerprint density at radius 2 is 1.53 bits per heavy atom. The molecule has 0 saturated heterocycles. The van der Waals surface area contributed by atoms with Crippen LogP contribution in [0.1, 0.15) is 11.1 Å². The van der Waals surface area contributed by atoms with Crippen LogP contribution in [0, 0.1) is 0 Å². The van der Waals surface area contributed by atoms with Gasteiger partial charge in [0.1, 0.15) is 0 Å². The van der Waals surface area contributed by atoms with Crippen molar-refractivity contribution in [1.29, 1.82) is 0 Å². The van der Waals surface area contributed by atoms with Crippen LogP contribution in [0.4, 0.5) is 0 Å². The molecule has 2 aromatic rings. The average Bonchev–Trinajstić information content (AvgIpc) is 2.48. The number of hydrogen-bond donors (Lipinski definition) is 0. The maximum absolute atomic E-state index is 4.92. The molecule has 0 aliphatic heterocycles.